The molecule has 0 N–H and O–H groups in total. The van der Waals surface area contributed by atoms with Crippen LogP contribution < -0.4 is 0 Å². The van der Waals surface area contributed by atoms with E-state index in [0.717, 1.165) is 22.0 Å². The molecule has 0 amide bonds. The Kier molecular flexibility index (Phi) is 13.0. The van der Waals surface area contributed by atoms with E-state index in [4.69, 9.17) is 9.47 Å². The number of rotatable bonds is 15. The second-order valence-electron chi connectivity index (χ2n) is 8.07. The van der Waals surface area contributed by atoms with E-state index in [1.807, 2.05) is 24.3 Å². The predicted octanol–water partition coefficient (Wildman–Crippen LogP) is 7.73. The van der Waals surface area contributed by atoms with Crippen LogP contribution in [-0.2, 0) is 16.1 Å². The smallest absolute Gasteiger partial charge is 0.339 e. The summed E-state index contributed by atoms with van der Waals surface area (Å²) in [7, 11) is 0. The molecule has 2 aromatic rings. The SMILES string of the molecule is CCCCCCCCCCCCOC(=O)c1ccccc1C(=O)OCc1cccc(I)c1. The van der Waals surface area contributed by atoms with E-state index in [2.05, 4.69) is 29.5 Å². The first-order valence-electron chi connectivity index (χ1n) is 11.8. The van der Waals surface area contributed by atoms with Crippen molar-refractivity contribution in [3.05, 3.63) is 68.8 Å². The maximum absolute atomic E-state index is 12.6. The molecule has 0 fully saturated rings. The van der Waals surface area contributed by atoms with Crippen LogP contribution in [0.1, 0.15) is 97.4 Å². The fourth-order valence-electron chi connectivity index (χ4n) is 3.52. The third-order valence-electron chi connectivity index (χ3n) is 5.36. The van der Waals surface area contributed by atoms with Gasteiger partial charge in [-0.1, -0.05) is 89.0 Å². The van der Waals surface area contributed by atoms with Gasteiger partial charge in [-0.15, -0.1) is 0 Å². The average molecular weight is 550 g/mol. The highest BCUT2D eigenvalue weighted by atomic mass is 127. The zero-order chi connectivity index (χ0) is 23.0. The van der Waals surface area contributed by atoms with Crippen LogP contribution in [0.5, 0.6) is 0 Å². The zero-order valence-corrected chi connectivity index (χ0v) is 21.3. The molecule has 32 heavy (non-hydrogen) atoms. The van der Waals surface area contributed by atoms with Gasteiger partial charge in [0.2, 0.25) is 0 Å². The lowest BCUT2D eigenvalue weighted by molar-refractivity contribution is 0.0436. The van der Waals surface area contributed by atoms with Gasteiger partial charge in [-0.3, -0.25) is 0 Å². The molecule has 0 aliphatic heterocycles. The first kappa shape index (κ1) is 26.4. The predicted molar refractivity (Wildman–Crippen MR) is 137 cm³/mol. The lowest BCUT2D eigenvalue weighted by Crippen LogP contribution is -2.14. The second-order valence-corrected chi connectivity index (χ2v) is 9.32. The number of esters is 2. The molecule has 0 aliphatic rings. The maximum atomic E-state index is 12.6. The number of halogens is 1. The minimum Gasteiger partial charge on any atom is -0.462 e. The van der Waals surface area contributed by atoms with E-state index >= 15 is 0 Å². The van der Waals surface area contributed by atoms with Crippen LogP contribution in [0.2, 0.25) is 0 Å². The number of benzene rings is 2. The Morgan fingerprint density at radius 1 is 0.719 bits per heavy atom. The van der Waals surface area contributed by atoms with Crippen LogP contribution in [-0.4, -0.2) is 18.5 Å². The first-order chi connectivity index (χ1) is 15.6. The van der Waals surface area contributed by atoms with E-state index in [0.29, 0.717) is 6.61 Å². The summed E-state index contributed by atoms with van der Waals surface area (Å²) < 4.78 is 11.9. The molecule has 5 heteroatoms. The highest BCUT2D eigenvalue weighted by molar-refractivity contribution is 14.1. The van der Waals surface area contributed by atoms with Crippen LogP contribution in [0.15, 0.2) is 48.5 Å². The Morgan fingerprint density at radius 2 is 1.28 bits per heavy atom. The number of carbonyl (C=O) groups excluding carboxylic acids is 2. The van der Waals surface area contributed by atoms with Gasteiger partial charge >= 0.3 is 11.9 Å². The summed E-state index contributed by atoms with van der Waals surface area (Å²) in [6.07, 6.45) is 12.3. The van der Waals surface area contributed by atoms with Crippen molar-refractivity contribution in [1.29, 1.82) is 0 Å². The third kappa shape index (κ3) is 10.2. The van der Waals surface area contributed by atoms with Gasteiger partial charge in [-0.25, -0.2) is 9.59 Å². The molecule has 0 radical (unpaired) electrons. The molecule has 0 saturated carbocycles. The van der Waals surface area contributed by atoms with Crippen molar-refractivity contribution in [2.24, 2.45) is 0 Å². The summed E-state index contributed by atoms with van der Waals surface area (Å²) in [6.45, 7) is 2.78. The molecule has 0 unspecified atom stereocenters. The van der Waals surface area contributed by atoms with Gasteiger partial charge < -0.3 is 9.47 Å². The van der Waals surface area contributed by atoms with Crippen LogP contribution in [0.3, 0.4) is 0 Å². The van der Waals surface area contributed by atoms with Crippen molar-refractivity contribution >= 4 is 34.5 Å². The quantitative estimate of drug-likeness (QED) is 0.129. The number of ether oxygens (including phenoxy) is 2. The third-order valence-corrected chi connectivity index (χ3v) is 6.03. The average Bonchev–Trinajstić information content (AvgIpc) is 2.81. The summed E-state index contributed by atoms with van der Waals surface area (Å²) in [4.78, 5) is 25.1. The summed E-state index contributed by atoms with van der Waals surface area (Å²) >= 11 is 2.22. The molecule has 2 rings (SSSR count). The first-order valence-corrected chi connectivity index (χ1v) is 12.9. The van der Waals surface area contributed by atoms with Crippen molar-refractivity contribution in [3.8, 4) is 0 Å². The number of hydrogen-bond donors (Lipinski definition) is 0. The van der Waals surface area contributed by atoms with Gasteiger partial charge in [-0.05, 0) is 58.8 Å². The molecule has 4 nitrogen and oxygen atoms in total. The molecular weight excluding hydrogens is 515 g/mol. The van der Waals surface area contributed by atoms with E-state index in [1.54, 1.807) is 24.3 Å². The van der Waals surface area contributed by atoms with E-state index in [9.17, 15) is 9.59 Å². The second kappa shape index (κ2) is 15.8. The number of carbonyl (C=O) groups is 2. The number of hydrogen-bond acceptors (Lipinski definition) is 4. The van der Waals surface area contributed by atoms with Crippen molar-refractivity contribution in [2.75, 3.05) is 6.61 Å². The normalized spacial score (nSPS) is 10.7. The molecule has 0 atom stereocenters. The van der Waals surface area contributed by atoms with Gasteiger partial charge in [0.25, 0.3) is 0 Å². The van der Waals surface area contributed by atoms with Gasteiger partial charge in [-0.2, -0.15) is 0 Å². The van der Waals surface area contributed by atoms with Crippen LogP contribution in [0.25, 0.3) is 0 Å². The van der Waals surface area contributed by atoms with E-state index in [-0.39, 0.29) is 17.7 Å². The highest BCUT2D eigenvalue weighted by Crippen LogP contribution is 2.15. The van der Waals surface area contributed by atoms with Crippen LogP contribution in [0, 0.1) is 3.57 Å². The summed E-state index contributed by atoms with van der Waals surface area (Å²) in [5.41, 5.74) is 1.41. The van der Waals surface area contributed by atoms with Crippen LogP contribution >= 0.6 is 22.6 Å². The molecule has 0 bridgehead atoms. The molecule has 2 aromatic carbocycles. The van der Waals surface area contributed by atoms with Crippen molar-refractivity contribution in [3.63, 3.8) is 0 Å². The lowest BCUT2D eigenvalue weighted by atomic mass is 10.1. The zero-order valence-electron chi connectivity index (χ0n) is 19.1. The summed E-state index contributed by atoms with van der Waals surface area (Å²) in [5, 5.41) is 0. The Hall–Kier alpha value is -1.89. The van der Waals surface area contributed by atoms with Gasteiger partial charge in [0.05, 0.1) is 17.7 Å². The largest absolute Gasteiger partial charge is 0.462 e. The molecular formula is C27H35IO4. The Bertz CT molecular complexity index is 834. The summed E-state index contributed by atoms with van der Waals surface area (Å²) in [6, 6.07) is 14.4. The Balaban J connectivity index is 1.69. The molecule has 0 aromatic heterocycles. The topological polar surface area (TPSA) is 52.6 Å². The highest BCUT2D eigenvalue weighted by Gasteiger charge is 2.19. The minimum absolute atomic E-state index is 0.164. The van der Waals surface area contributed by atoms with Gasteiger partial charge in [0, 0.05) is 3.57 Å². The van der Waals surface area contributed by atoms with E-state index < -0.39 is 11.9 Å². The fraction of sp³-hybridized carbons (Fsp3) is 0.481. The van der Waals surface area contributed by atoms with Gasteiger partial charge in [0.15, 0.2) is 0 Å². The molecule has 0 aliphatic carbocycles. The maximum Gasteiger partial charge on any atom is 0.339 e. The van der Waals surface area contributed by atoms with Gasteiger partial charge in [0.1, 0.15) is 6.61 Å². The van der Waals surface area contributed by atoms with Crippen molar-refractivity contribution in [2.45, 2.75) is 77.7 Å². The summed E-state index contributed by atoms with van der Waals surface area (Å²) in [5.74, 6) is -0.988. The lowest BCUT2D eigenvalue weighted by Gasteiger charge is -2.10. The Morgan fingerprint density at radius 3 is 1.88 bits per heavy atom. The van der Waals surface area contributed by atoms with Crippen molar-refractivity contribution < 1.29 is 19.1 Å². The van der Waals surface area contributed by atoms with Crippen LogP contribution in [0.4, 0.5) is 0 Å². The van der Waals surface area contributed by atoms with Crippen molar-refractivity contribution in [1.82, 2.24) is 0 Å². The molecule has 0 saturated heterocycles. The molecule has 0 heterocycles. The fourth-order valence-corrected chi connectivity index (χ4v) is 4.13. The number of unbranched alkanes of at least 4 members (excludes halogenated alkanes) is 9. The monoisotopic (exact) mass is 550 g/mol. The standard InChI is InChI=1S/C27H35IO4/c1-2-3-4-5-6-7-8-9-10-13-19-31-26(29)24-17-11-12-18-25(24)27(30)32-21-22-15-14-16-23(28)20-22/h11-12,14-18,20H,2-10,13,19,21H2,1H3. The van der Waals surface area contributed by atoms with E-state index in [1.165, 1.54) is 51.4 Å². The minimum atomic E-state index is -0.518. The Labute approximate surface area is 206 Å². The molecule has 0 spiro atoms. The molecule has 174 valence electrons.